The normalized spacial score (nSPS) is 43.0. The molecule has 2 rings (SSSR count). The molecule has 2 radical (unpaired) electrons. The van der Waals surface area contributed by atoms with Gasteiger partial charge in [0.2, 0.25) is 0 Å². The van der Waals surface area contributed by atoms with Crippen LogP contribution in [0.4, 0.5) is 4.79 Å². The van der Waals surface area contributed by atoms with Crippen molar-refractivity contribution in [2.75, 3.05) is 7.05 Å². The topological polar surface area (TPSA) is 29.5 Å². The molecule has 1 aliphatic carbocycles. The Morgan fingerprint density at radius 3 is 3.07 bits per heavy atom. The van der Waals surface area contributed by atoms with Gasteiger partial charge in [-0.05, 0) is 12.8 Å². The van der Waals surface area contributed by atoms with Crippen LogP contribution in [-0.4, -0.2) is 38.0 Å². The van der Waals surface area contributed by atoms with Crippen LogP contribution < -0.4 is 0 Å². The van der Waals surface area contributed by atoms with Gasteiger partial charge in [-0.1, -0.05) is 25.1 Å². The van der Waals surface area contributed by atoms with Crippen molar-refractivity contribution in [3.05, 3.63) is 0 Å². The lowest BCUT2D eigenvalue weighted by molar-refractivity contribution is 0.120. The molecule has 1 amide bonds. The number of carbonyl (C=O) groups is 1. The molecule has 76 valence electrons. The van der Waals surface area contributed by atoms with E-state index in [0.29, 0.717) is 0 Å². The third-order valence-electron chi connectivity index (χ3n) is 3.38. The Labute approximate surface area is 86.2 Å². The molecule has 3 unspecified atom stereocenters. The molecule has 1 saturated carbocycles. The molecule has 3 nitrogen and oxygen atoms in total. The van der Waals surface area contributed by atoms with Gasteiger partial charge in [-0.15, -0.1) is 0 Å². The van der Waals surface area contributed by atoms with Crippen molar-refractivity contribution >= 4 is 13.9 Å². The first kappa shape index (κ1) is 9.87. The van der Waals surface area contributed by atoms with E-state index in [0.717, 1.165) is 25.7 Å². The van der Waals surface area contributed by atoms with Crippen molar-refractivity contribution in [3.63, 3.8) is 0 Å². The second-order valence-corrected chi connectivity index (χ2v) is 4.85. The van der Waals surface area contributed by atoms with Crippen LogP contribution in [0.1, 0.15) is 32.6 Å². The lowest BCUT2D eigenvalue weighted by Gasteiger charge is -2.25. The molecule has 0 aromatic carbocycles. The lowest BCUT2D eigenvalue weighted by Crippen LogP contribution is -2.33. The van der Waals surface area contributed by atoms with Crippen LogP contribution in [0.2, 0.25) is 5.31 Å². The second-order valence-electron chi connectivity index (χ2n) is 4.85. The maximum atomic E-state index is 11.3. The molecule has 1 saturated heterocycles. The number of likely N-dealkylation sites (N-methyl/N-ethyl adjacent to an activating group) is 1. The fourth-order valence-corrected chi connectivity index (χ4v) is 2.51. The van der Waals surface area contributed by atoms with Gasteiger partial charge in [0, 0.05) is 7.05 Å². The van der Waals surface area contributed by atoms with Gasteiger partial charge < -0.3 is 9.64 Å². The molecule has 3 atom stereocenters. The number of ether oxygens (including phenoxy) is 1. The first-order chi connectivity index (χ1) is 6.49. The molecule has 14 heavy (non-hydrogen) atoms. The van der Waals surface area contributed by atoms with Crippen molar-refractivity contribution in [2.24, 2.45) is 0 Å². The van der Waals surface area contributed by atoms with Crippen molar-refractivity contribution in [1.29, 1.82) is 0 Å². The van der Waals surface area contributed by atoms with Crippen LogP contribution >= 0.6 is 0 Å². The molecular formula is C10H16BNO2. The Kier molecular flexibility index (Phi) is 2.24. The summed E-state index contributed by atoms with van der Waals surface area (Å²) in [6.07, 6.45) is 3.70. The highest BCUT2D eigenvalue weighted by molar-refractivity contribution is 6.14. The Morgan fingerprint density at radius 2 is 2.36 bits per heavy atom. The van der Waals surface area contributed by atoms with Gasteiger partial charge in [0.25, 0.3) is 0 Å². The van der Waals surface area contributed by atoms with Crippen LogP contribution in [0, 0.1) is 0 Å². The molecule has 0 spiro atoms. The van der Waals surface area contributed by atoms with E-state index in [2.05, 4.69) is 0 Å². The molecule has 2 aliphatic rings. The first-order valence-electron chi connectivity index (χ1n) is 5.22. The van der Waals surface area contributed by atoms with E-state index < -0.39 is 0 Å². The van der Waals surface area contributed by atoms with E-state index in [1.165, 1.54) is 0 Å². The van der Waals surface area contributed by atoms with E-state index in [1.807, 2.05) is 14.0 Å². The molecule has 2 fully saturated rings. The van der Waals surface area contributed by atoms with Crippen LogP contribution in [-0.2, 0) is 4.74 Å². The average Bonchev–Trinajstić information content (AvgIpc) is 2.28. The molecule has 4 heteroatoms. The lowest BCUT2D eigenvalue weighted by atomic mass is 9.65. The Bertz CT molecular complexity index is 255. The largest absolute Gasteiger partial charge is 0.444 e. The molecule has 0 aromatic heterocycles. The van der Waals surface area contributed by atoms with E-state index >= 15 is 0 Å². The molecule has 0 bridgehead atoms. The van der Waals surface area contributed by atoms with Crippen molar-refractivity contribution in [1.82, 2.24) is 4.90 Å². The summed E-state index contributed by atoms with van der Waals surface area (Å²) in [7, 11) is 7.93. The zero-order chi connectivity index (χ0) is 10.3. The number of hydrogen-bond donors (Lipinski definition) is 0. The minimum absolute atomic E-state index is 0.00463. The van der Waals surface area contributed by atoms with Crippen molar-refractivity contribution < 1.29 is 9.53 Å². The quantitative estimate of drug-likeness (QED) is 0.548. The van der Waals surface area contributed by atoms with Crippen LogP contribution in [0.25, 0.3) is 0 Å². The van der Waals surface area contributed by atoms with Gasteiger partial charge >= 0.3 is 6.09 Å². The van der Waals surface area contributed by atoms with Crippen molar-refractivity contribution in [3.8, 4) is 0 Å². The summed E-state index contributed by atoms with van der Waals surface area (Å²) >= 11 is 0. The monoisotopic (exact) mass is 193 g/mol. The Hall–Kier alpha value is -0.665. The predicted octanol–water partition coefficient (Wildman–Crippen LogP) is 1.73. The third-order valence-corrected chi connectivity index (χ3v) is 3.38. The zero-order valence-corrected chi connectivity index (χ0v) is 8.82. The van der Waals surface area contributed by atoms with E-state index in [9.17, 15) is 4.79 Å². The summed E-state index contributed by atoms with van der Waals surface area (Å²) in [4.78, 5) is 13.0. The predicted molar refractivity (Wildman–Crippen MR) is 54.4 cm³/mol. The summed E-state index contributed by atoms with van der Waals surface area (Å²) in [5.41, 5.74) is 0. The summed E-state index contributed by atoms with van der Waals surface area (Å²) < 4.78 is 5.30. The summed E-state index contributed by atoms with van der Waals surface area (Å²) in [6.45, 7) is 2.04. The Morgan fingerprint density at radius 1 is 1.64 bits per heavy atom. The van der Waals surface area contributed by atoms with Gasteiger partial charge in [0.1, 0.15) is 6.10 Å². The molecule has 1 heterocycles. The third kappa shape index (κ3) is 1.62. The molecule has 0 aromatic rings. The highest BCUT2D eigenvalue weighted by Gasteiger charge is 2.43. The SMILES string of the molecule is [B]C1(C)CCCC2C(C1)OC(=O)N2C. The maximum Gasteiger partial charge on any atom is 0.410 e. The minimum atomic E-state index is -0.197. The fraction of sp³-hybridized carbons (Fsp3) is 0.900. The van der Waals surface area contributed by atoms with Gasteiger partial charge in [-0.3, -0.25) is 0 Å². The van der Waals surface area contributed by atoms with Gasteiger partial charge in [0.05, 0.1) is 13.9 Å². The van der Waals surface area contributed by atoms with Gasteiger partial charge in [0.15, 0.2) is 0 Å². The number of nitrogens with zero attached hydrogens (tertiary/aromatic N) is 1. The minimum Gasteiger partial charge on any atom is -0.444 e. The number of fused-ring (bicyclic) bond motifs is 1. The van der Waals surface area contributed by atoms with Crippen LogP contribution in [0.5, 0.6) is 0 Å². The van der Waals surface area contributed by atoms with E-state index in [-0.39, 0.29) is 23.6 Å². The number of hydrogen-bond acceptors (Lipinski definition) is 2. The van der Waals surface area contributed by atoms with Crippen LogP contribution in [0.15, 0.2) is 0 Å². The molecule has 0 N–H and O–H groups in total. The summed E-state index contributed by atoms with van der Waals surface area (Å²) in [5, 5.41) is -0.176. The highest BCUT2D eigenvalue weighted by atomic mass is 16.6. The molecular weight excluding hydrogens is 177 g/mol. The Balaban J connectivity index is 2.14. The highest BCUT2D eigenvalue weighted by Crippen LogP contribution is 2.42. The summed E-state index contributed by atoms with van der Waals surface area (Å²) in [5.74, 6) is 0. The second kappa shape index (κ2) is 3.18. The maximum absolute atomic E-state index is 11.3. The van der Waals surface area contributed by atoms with Crippen molar-refractivity contribution in [2.45, 2.75) is 50.1 Å². The fourth-order valence-electron chi connectivity index (χ4n) is 2.51. The zero-order valence-electron chi connectivity index (χ0n) is 8.82. The van der Waals surface area contributed by atoms with Gasteiger partial charge in [-0.25, -0.2) is 4.79 Å². The summed E-state index contributed by atoms with van der Waals surface area (Å²) in [6, 6.07) is 0.243. The average molecular weight is 193 g/mol. The first-order valence-corrected chi connectivity index (χ1v) is 5.22. The van der Waals surface area contributed by atoms with Gasteiger partial charge in [-0.2, -0.15) is 0 Å². The number of carbonyl (C=O) groups excluding carboxylic acids is 1. The standard InChI is InChI=1S/C10H16BNO2/c1-10(11)5-3-4-7-8(6-10)14-9(13)12(7)2/h7-8H,3-6H2,1-2H3. The van der Waals surface area contributed by atoms with E-state index in [4.69, 9.17) is 12.6 Å². The van der Waals surface area contributed by atoms with Crippen LogP contribution in [0.3, 0.4) is 0 Å². The number of amides is 1. The smallest absolute Gasteiger partial charge is 0.410 e. The van der Waals surface area contributed by atoms with E-state index in [1.54, 1.807) is 4.90 Å². The molecule has 1 aliphatic heterocycles. The number of rotatable bonds is 0.